The molecule has 9 heteroatoms. The Kier molecular flexibility index (Phi) is 4.15. The summed E-state index contributed by atoms with van der Waals surface area (Å²) >= 11 is 5.97. The maximum absolute atomic E-state index is 12.8. The standard InChI is InChI=1S/C15H14ClN3O5/c1-3-24-15(22)12-10-11(17-18-12)14(21)19(13(10)20)8-6-7(16)4-5-9(8)23-2/h4-6,10-11,17H,3H2,1-2H3. The van der Waals surface area contributed by atoms with E-state index in [-0.39, 0.29) is 18.0 Å². The van der Waals surface area contributed by atoms with Gasteiger partial charge < -0.3 is 9.47 Å². The van der Waals surface area contributed by atoms with Gasteiger partial charge in [-0.1, -0.05) is 11.6 Å². The minimum atomic E-state index is -1.03. The van der Waals surface area contributed by atoms with Gasteiger partial charge in [-0.3, -0.25) is 15.0 Å². The highest BCUT2D eigenvalue weighted by atomic mass is 35.5. The van der Waals surface area contributed by atoms with Crippen LogP contribution in [0.1, 0.15) is 6.92 Å². The summed E-state index contributed by atoms with van der Waals surface area (Å²) in [4.78, 5) is 38.3. The van der Waals surface area contributed by atoms with Gasteiger partial charge in [0.1, 0.15) is 17.7 Å². The summed E-state index contributed by atoms with van der Waals surface area (Å²) in [6, 6.07) is 3.65. The number of methoxy groups -OCH3 is 1. The van der Waals surface area contributed by atoms with Crippen LogP contribution in [-0.4, -0.2) is 43.3 Å². The lowest BCUT2D eigenvalue weighted by Crippen LogP contribution is -2.36. The molecule has 0 aromatic heterocycles. The van der Waals surface area contributed by atoms with E-state index in [9.17, 15) is 14.4 Å². The SMILES string of the molecule is CCOC(=O)C1=NNC2C(=O)N(c3cc(Cl)ccc3OC)C(=O)C12. The predicted molar refractivity (Wildman–Crippen MR) is 85.0 cm³/mol. The van der Waals surface area contributed by atoms with Crippen LogP contribution in [0.3, 0.4) is 0 Å². The fraction of sp³-hybridized carbons (Fsp3) is 0.333. The normalized spacial score (nSPS) is 22.1. The van der Waals surface area contributed by atoms with Gasteiger partial charge in [-0.15, -0.1) is 0 Å². The van der Waals surface area contributed by atoms with Gasteiger partial charge >= 0.3 is 5.97 Å². The van der Waals surface area contributed by atoms with Crippen molar-refractivity contribution in [3.05, 3.63) is 23.2 Å². The van der Waals surface area contributed by atoms with Crippen molar-refractivity contribution in [2.24, 2.45) is 11.0 Å². The minimum Gasteiger partial charge on any atom is -0.495 e. The van der Waals surface area contributed by atoms with Crippen LogP contribution >= 0.6 is 11.6 Å². The number of hydrogen-bond donors (Lipinski definition) is 1. The number of benzene rings is 1. The van der Waals surface area contributed by atoms with E-state index in [1.54, 1.807) is 19.1 Å². The molecule has 0 bridgehead atoms. The molecule has 2 unspecified atom stereocenters. The summed E-state index contributed by atoms with van der Waals surface area (Å²) in [5.41, 5.74) is 2.66. The number of hydrogen-bond acceptors (Lipinski definition) is 7. The molecule has 1 aromatic carbocycles. The smallest absolute Gasteiger partial charge is 0.355 e. The first-order valence-electron chi connectivity index (χ1n) is 7.21. The molecule has 1 fully saturated rings. The number of amides is 2. The summed E-state index contributed by atoms with van der Waals surface area (Å²) in [7, 11) is 1.42. The van der Waals surface area contributed by atoms with Gasteiger partial charge in [0.15, 0.2) is 5.71 Å². The average molecular weight is 352 g/mol. The number of halogens is 1. The Morgan fingerprint density at radius 3 is 2.79 bits per heavy atom. The molecule has 2 aliphatic heterocycles. The number of nitrogens with zero attached hydrogens (tertiary/aromatic N) is 2. The zero-order chi connectivity index (χ0) is 17.4. The van der Waals surface area contributed by atoms with Gasteiger partial charge in [0.05, 0.1) is 19.4 Å². The molecule has 1 N–H and O–H groups in total. The molecule has 0 spiro atoms. The lowest BCUT2D eigenvalue weighted by molar-refractivity contribution is -0.136. The molecule has 126 valence electrons. The van der Waals surface area contributed by atoms with Crippen molar-refractivity contribution in [2.45, 2.75) is 13.0 Å². The third-order valence-corrected chi connectivity index (χ3v) is 4.03. The quantitative estimate of drug-likeness (QED) is 0.634. The number of nitrogens with one attached hydrogen (secondary N) is 1. The van der Waals surface area contributed by atoms with Crippen LogP contribution in [0.25, 0.3) is 0 Å². The molecule has 24 heavy (non-hydrogen) atoms. The van der Waals surface area contributed by atoms with E-state index in [0.29, 0.717) is 10.8 Å². The van der Waals surface area contributed by atoms with E-state index in [1.165, 1.54) is 13.2 Å². The maximum atomic E-state index is 12.8. The van der Waals surface area contributed by atoms with Crippen molar-refractivity contribution in [2.75, 3.05) is 18.6 Å². The molecule has 2 aliphatic rings. The maximum Gasteiger partial charge on any atom is 0.355 e. The molecular weight excluding hydrogens is 338 g/mol. The molecule has 0 radical (unpaired) electrons. The zero-order valence-corrected chi connectivity index (χ0v) is 13.7. The molecule has 1 saturated heterocycles. The number of fused-ring (bicyclic) bond motifs is 1. The number of carbonyl (C=O) groups excluding carboxylic acids is 3. The van der Waals surface area contributed by atoms with Crippen LogP contribution in [-0.2, 0) is 19.1 Å². The third kappa shape index (κ3) is 2.39. The Hall–Kier alpha value is -2.61. The van der Waals surface area contributed by atoms with Crippen LogP contribution in [0.4, 0.5) is 5.69 Å². The van der Waals surface area contributed by atoms with E-state index in [0.717, 1.165) is 4.90 Å². The van der Waals surface area contributed by atoms with Crippen LogP contribution in [0.5, 0.6) is 5.75 Å². The molecule has 2 heterocycles. The summed E-state index contributed by atoms with van der Waals surface area (Å²) in [5.74, 6) is -2.55. The molecule has 0 aliphatic carbocycles. The third-order valence-electron chi connectivity index (χ3n) is 3.79. The second-order valence-electron chi connectivity index (χ2n) is 5.13. The van der Waals surface area contributed by atoms with Gasteiger partial charge in [-0.05, 0) is 25.1 Å². The predicted octanol–water partition coefficient (Wildman–Crippen LogP) is 0.729. The highest BCUT2D eigenvalue weighted by Gasteiger charge is 2.56. The monoisotopic (exact) mass is 351 g/mol. The van der Waals surface area contributed by atoms with Gasteiger partial charge in [0.25, 0.3) is 5.91 Å². The van der Waals surface area contributed by atoms with Gasteiger partial charge in [-0.25, -0.2) is 9.69 Å². The molecule has 3 rings (SSSR count). The minimum absolute atomic E-state index is 0.108. The Morgan fingerprint density at radius 1 is 1.38 bits per heavy atom. The van der Waals surface area contributed by atoms with Crippen molar-refractivity contribution in [1.82, 2.24) is 5.43 Å². The topological polar surface area (TPSA) is 97.3 Å². The number of imide groups is 1. The number of rotatable bonds is 4. The second kappa shape index (κ2) is 6.12. The fourth-order valence-corrected chi connectivity index (χ4v) is 2.90. The van der Waals surface area contributed by atoms with Crippen molar-refractivity contribution in [1.29, 1.82) is 0 Å². The molecule has 1 aromatic rings. The first-order valence-corrected chi connectivity index (χ1v) is 7.59. The summed E-state index contributed by atoms with van der Waals surface area (Å²) in [6.07, 6.45) is 0. The van der Waals surface area contributed by atoms with Gasteiger partial charge in [0.2, 0.25) is 5.91 Å². The largest absolute Gasteiger partial charge is 0.495 e. The van der Waals surface area contributed by atoms with E-state index in [1.807, 2.05) is 0 Å². The average Bonchev–Trinajstić information content (AvgIpc) is 3.09. The Labute approximate surface area is 142 Å². The van der Waals surface area contributed by atoms with Crippen LogP contribution in [0.15, 0.2) is 23.3 Å². The summed E-state index contributed by atoms with van der Waals surface area (Å²) in [6.45, 7) is 1.78. The Bertz CT molecular complexity index is 763. The van der Waals surface area contributed by atoms with Crippen molar-refractivity contribution >= 4 is 40.8 Å². The fourth-order valence-electron chi connectivity index (χ4n) is 2.74. The molecule has 2 atom stereocenters. The van der Waals surface area contributed by atoms with Crippen molar-refractivity contribution in [3.8, 4) is 5.75 Å². The van der Waals surface area contributed by atoms with E-state index in [2.05, 4.69) is 10.5 Å². The zero-order valence-electron chi connectivity index (χ0n) is 12.9. The first kappa shape index (κ1) is 16.3. The number of hydrazone groups is 1. The van der Waals surface area contributed by atoms with Crippen molar-refractivity contribution in [3.63, 3.8) is 0 Å². The number of esters is 1. The van der Waals surface area contributed by atoms with E-state index >= 15 is 0 Å². The van der Waals surface area contributed by atoms with Crippen molar-refractivity contribution < 1.29 is 23.9 Å². The molecular formula is C15H14ClN3O5. The number of ether oxygens (including phenoxy) is 2. The molecule has 0 saturated carbocycles. The second-order valence-corrected chi connectivity index (χ2v) is 5.57. The molecule has 8 nitrogen and oxygen atoms in total. The summed E-state index contributed by atoms with van der Waals surface area (Å²) < 4.78 is 10.1. The van der Waals surface area contributed by atoms with Gasteiger partial charge in [-0.2, -0.15) is 5.10 Å². The number of carbonyl (C=O) groups is 3. The lowest BCUT2D eigenvalue weighted by atomic mass is 9.99. The van der Waals surface area contributed by atoms with Crippen LogP contribution in [0.2, 0.25) is 5.02 Å². The van der Waals surface area contributed by atoms with E-state index < -0.39 is 29.7 Å². The highest BCUT2D eigenvalue weighted by Crippen LogP contribution is 2.37. The van der Waals surface area contributed by atoms with Gasteiger partial charge in [0, 0.05) is 5.02 Å². The highest BCUT2D eigenvalue weighted by molar-refractivity contribution is 6.46. The molecule has 2 amide bonds. The lowest BCUT2D eigenvalue weighted by Gasteiger charge is -2.18. The Morgan fingerprint density at radius 2 is 2.12 bits per heavy atom. The summed E-state index contributed by atoms with van der Waals surface area (Å²) in [5, 5.41) is 4.14. The first-order chi connectivity index (χ1) is 11.5. The van der Waals surface area contributed by atoms with Crippen LogP contribution < -0.4 is 15.1 Å². The number of anilines is 1. The Balaban J connectivity index is 1.98. The van der Waals surface area contributed by atoms with E-state index in [4.69, 9.17) is 21.1 Å². The van der Waals surface area contributed by atoms with Crippen LogP contribution in [0, 0.1) is 5.92 Å².